The summed E-state index contributed by atoms with van der Waals surface area (Å²) in [6, 6.07) is 2.04. The lowest BCUT2D eigenvalue weighted by Gasteiger charge is -2.21. The number of aromatic amines is 1. The van der Waals surface area contributed by atoms with Gasteiger partial charge in [-0.1, -0.05) is 12.1 Å². The zero-order valence-corrected chi connectivity index (χ0v) is 13.3. The minimum Gasteiger partial charge on any atom is -0.343 e. The van der Waals surface area contributed by atoms with Gasteiger partial charge in [0.2, 0.25) is 0 Å². The molecule has 0 unspecified atom stereocenters. The molecule has 1 aromatic carbocycles. The number of aryl methyl sites for hydroxylation is 1. The van der Waals surface area contributed by atoms with Gasteiger partial charge in [-0.3, -0.25) is 5.41 Å². The Morgan fingerprint density at radius 3 is 2.54 bits per heavy atom. The van der Waals surface area contributed by atoms with Crippen LogP contribution in [0.3, 0.4) is 0 Å². The molecule has 0 spiro atoms. The Morgan fingerprint density at radius 2 is 2.00 bits per heavy atom. The van der Waals surface area contributed by atoms with Crippen molar-refractivity contribution in [2.24, 2.45) is 0 Å². The van der Waals surface area contributed by atoms with Crippen LogP contribution in [0.15, 0.2) is 36.5 Å². The van der Waals surface area contributed by atoms with Crippen molar-refractivity contribution in [3.8, 4) is 0 Å². The Balaban J connectivity index is 2.01. The van der Waals surface area contributed by atoms with E-state index in [2.05, 4.69) is 14.7 Å². The second-order valence-corrected chi connectivity index (χ2v) is 5.77. The van der Waals surface area contributed by atoms with Crippen LogP contribution in [0.5, 0.6) is 0 Å². The van der Waals surface area contributed by atoms with E-state index >= 15 is 0 Å². The molecule has 128 valence electrons. The number of alkyl halides is 3. The number of aromatic nitrogens is 2. The maximum Gasteiger partial charge on any atom is 0.408 e. The van der Waals surface area contributed by atoms with Crippen LogP contribution in [-0.4, -0.2) is 21.2 Å². The van der Waals surface area contributed by atoms with Crippen LogP contribution in [-0.2, 0) is 0 Å². The smallest absolute Gasteiger partial charge is 0.343 e. The summed E-state index contributed by atoms with van der Waals surface area (Å²) in [5, 5.41) is 7.56. The van der Waals surface area contributed by atoms with Gasteiger partial charge in [0.1, 0.15) is 22.7 Å². The third-order valence-electron chi connectivity index (χ3n) is 2.93. The Bertz CT molecular complexity index is 722. The van der Waals surface area contributed by atoms with Gasteiger partial charge in [0.05, 0.1) is 0 Å². The van der Waals surface area contributed by atoms with Crippen LogP contribution in [0.1, 0.15) is 23.1 Å². The van der Waals surface area contributed by atoms with Crippen LogP contribution >= 0.6 is 11.9 Å². The van der Waals surface area contributed by atoms with Crippen molar-refractivity contribution in [1.29, 1.82) is 5.41 Å². The highest BCUT2D eigenvalue weighted by Gasteiger charge is 2.40. The number of rotatable bonds is 5. The molecular formula is C15H14F4N4S. The van der Waals surface area contributed by atoms with Crippen LogP contribution in [0.4, 0.5) is 17.6 Å². The van der Waals surface area contributed by atoms with Crippen molar-refractivity contribution in [2.45, 2.75) is 19.1 Å². The second-order valence-electron chi connectivity index (χ2n) is 4.90. The van der Waals surface area contributed by atoms with E-state index in [1.807, 2.05) is 6.92 Å². The number of nitrogens with zero attached hydrogens (tertiary/aromatic N) is 1. The standard InChI is InChI=1S/C15H14F4N4S/c1-9-8-21-13(22-9)7-6-12(20)24-23-14(15(17,18)19)10-2-4-11(16)5-3-10/h2-8,14,20,23H,1H3,(H,21,22)/b7-6-,20-12?/t14-/m1/s1. The van der Waals surface area contributed by atoms with Gasteiger partial charge >= 0.3 is 6.18 Å². The van der Waals surface area contributed by atoms with E-state index in [0.717, 1.165) is 30.0 Å². The van der Waals surface area contributed by atoms with E-state index in [-0.39, 0.29) is 10.6 Å². The molecule has 0 radical (unpaired) electrons. The minimum atomic E-state index is -4.58. The molecule has 0 saturated carbocycles. The van der Waals surface area contributed by atoms with Gasteiger partial charge < -0.3 is 4.98 Å². The quantitative estimate of drug-likeness (QED) is 0.321. The summed E-state index contributed by atoms with van der Waals surface area (Å²) in [7, 11) is 0. The topological polar surface area (TPSA) is 64.6 Å². The molecule has 0 bridgehead atoms. The van der Waals surface area contributed by atoms with Gasteiger partial charge in [-0.2, -0.15) is 13.2 Å². The molecule has 0 saturated heterocycles. The predicted octanol–water partition coefficient (Wildman–Crippen LogP) is 4.39. The lowest BCUT2D eigenvalue weighted by atomic mass is 10.1. The van der Waals surface area contributed by atoms with Crippen LogP contribution in [0.2, 0.25) is 0 Å². The van der Waals surface area contributed by atoms with E-state index in [0.29, 0.717) is 17.8 Å². The van der Waals surface area contributed by atoms with Crippen molar-refractivity contribution < 1.29 is 17.6 Å². The van der Waals surface area contributed by atoms with Crippen LogP contribution in [0.25, 0.3) is 6.08 Å². The molecule has 1 atom stereocenters. The molecule has 4 nitrogen and oxygen atoms in total. The van der Waals surface area contributed by atoms with Crippen molar-refractivity contribution in [1.82, 2.24) is 14.7 Å². The lowest BCUT2D eigenvalue weighted by Crippen LogP contribution is -2.30. The number of benzene rings is 1. The number of hydrogen-bond donors (Lipinski definition) is 3. The SMILES string of the molecule is Cc1cnc(/C=C\C(=N)SN[C@H](c2ccc(F)cc2)C(F)(F)F)[nH]1. The monoisotopic (exact) mass is 358 g/mol. The fourth-order valence-corrected chi connectivity index (χ4v) is 2.46. The number of hydrogen-bond acceptors (Lipinski definition) is 4. The van der Waals surface area contributed by atoms with Gasteiger partial charge in [-0.25, -0.2) is 14.1 Å². The fourth-order valence-electron chi connectivity index (χ4n) is 1.81. The lowest BCUT2D eigenvalue weighted by molar-refractivity contribution is -0.152. The third kappa shape index (κ3) is 5.20. The largest absolute Gasteiger partial charge is 0.408 e. The summed E-state index contributed by atoms with van der Waals surface area (Å²) in [5.41, 5.74) is 0.704. The van der Waals surface area contributed by atoms with Gasteiger partial charge in [0.15, 0.2) is 0 Å². The van der Waals surface area contributed by atoms with Crippen LogP contribution < -0.4 is 4.72 Å². The molecule has 24 heavy (non-hydrogen) atoms. The molecule has 3 N–H and O–H groups in total. The molecule has 1 heterocycles. The van der Waals surface area contributed by atoms with Crippen molar-refractivity contribution in [3.05, 3.63) is 59.4 Å². The number of imidazole rings is 1. The average Bonchev–Trinajstić information content (AvgIpc) is 2.91. The maximum atomic E-state index is 13.1. The maximum absolute atomic E-state index is 13.1. The van der Waals surface area contributed by atoms with Gasteiger partial charge in [0.25, 0.3) is 0 Å². The Kier molecular flexibility index (Phi) is 5.79. The summed E-state index contributed by atoms with van der Waals surface area (Å²) in [4.78, 5) is 6.91. The Labute approximate surface area is 140 Å². The van der Waals surface area contributed by atoms with E-state index in [9.17, 15) is 17.6 Å². The molecule has 9 heteroatoms. The van der Waals surface area contributed by atoms with Crippen LogP contribution in [0, 0.1) is 18.2 Å². The molecule has 2 rings (SSSR count). The zero-order valence-electron chi connectivity index (χ0n) is 12.5. The van der Waals surface area contributed by atoms with Gasteiger partial charge in [0, 0.05) is 11.9 Å². The first-order valence-corrected chi connectivity index (χ1v) is 7.60. The molecule has 0 aliphatic heterocycles. The highest BCUT2D eigenvalue weighted by Crippen LogP contribution is 2.34. The second kappa shape index (κ2) is 7.63. The van der Waals surface area contributed by atoms with Crippen molar-refractivity contribution in [2.75, 3.05) is 0 Å². The van der Waals surface area contributed by atoms with E-state index in [4.69, 9.17) is 5.41 Å². The molecule has 2 aromatic rings. The minimum absolute atomic E-state index is 0.125. The van der Waals surface area contributed by atoms with Gasteiger partial charge in [-0.05, 0) is 48.7 Å². The molecular weight excluding hydrogens is 344 g/mol. The average molecular weight is 358 g/mol. The molecule has 0 amide bonds. The summed E-state index contributed by atoms with van der Waals surface area (Å²) in [6.07, 6.45) is -0.158. The number of halogens is 4. The Hall–Kier alpha value is -2.13. The molecule has 0 aliphatic carbocycles. The highest BCUT2D eigenvalue weighted by atomic mass is 32.2. The van der Waals surface area contributed by atoms with Crippen molar-refractivity contribution in [3.63, 3.8) is 0 Å². The Morgan fingerprint density at radius 1 is 1.33 bits per heavy atom. The normalized spacial score (nSPS) is 13.4. The molecule has 0 aliphatic rings. The third-order valence-corrected chi connectivity index (χ3v) is 3.64. The first-order valence-electron chi connectivity index (χ1n) is 6.78. The highest BCUT2D eigenvalue weighted by molar-refractivity contribution is 8.12. The number of nitrogens with one attached hydrogen (secondary N) is 3. The van der Waals surface area contributed by atoms with E-state index < -0.39 is 18.0 Å². The first-order chi connectivity index (χ1) is 11.3. The van der Waals surface area contributed by atoms with Crippen molar-refractivity contribution >= 4 is 23.1 Å². The summed E-state index contributed by atoms with van der Waals surface area (Å²) >= 11 is 0.528. The summed E-state index contributed by atoms with van der Waals surface area (Å²) in [5.74, 6) is -0.111. The summed E-state index contributed by atoms with van der Waals surface area (Å²) in [6.45, 7) is 1.81. The van der Waals surface area contributed by atoms with Gasteiger partial charge in [-0.15, -0.1) is 0 Å². The zero-order chi connectivity index (χ0) is 17.7. The molecule has 0 fully saturated rings. The summed E-state index contributed by atoms with van der Waals surface area (Å²) < 4.78 is 54.5. The van der Waals surface area contributed by atoms with E-state index in [1.54, 1.807) is 6.20 Å². The fraction of sp³-hybridized carbons (Fsp3) is 0.200. The first kappa shape index (κ1) is 18.2. The predicted molar refractivity (Wildman–Crippen MR) is 86.0 cm³/mol. The van der Waals surface area contributed by atoms with E-state index in [1.165, 1.54) is 12.2 Å². The molecule has 1 aromatic heterocycles. The number of H-pyrrole nitrogens is 1.